The Labute approximate surface area is 141 Å². The van der Waals surface area contributed by atoms with Gasteiger partial charge in [0.2, 0.25) is 0 Å². The molecule has 1 aliphatic rings. The molecule has 5 heteroatoms. The molecule has 0 aromatic heterocycles. The number of hydrogen-bond donors (Lipinski definition) is 3. The minimum Gasteiger partial charge on any atom is -0.504 e. The van der Waals surface area contributed by atoms with Gasteiger partial charge in [-0.1, -0.05) is 24.3 Å². The van der Waals surface area contributed by atoms with Crippen molar-refractivity contribution in [3.63, 3.8) is 0 Å². The fraction of sp³-hybridized carbons (Fsp3) is 0.263. The van der Waals surface area contributed by atoms with Crippen LogP contribution in [0.4, 0.5) is 0 Å². The highest BCUT2D eigenvalue weighted by Gasteiger charge is 2.13. The van der Waals surface area contributed by atoms with Gasteiger partial charge in [-0.25, -0.2) is 0 Å². The molecule has 2 aromatic rings. The second kappa shape index (κ2) is 7.38. The number of phenolic OH excluding ortho intramolecular Hbond substituents is 1. The van der Waals surface area contributed by atoms with Crippen LogP contribution >= 0.6 is 0 Å². The number of hydrogen-bond acceptors (Lipinski definition) is 5. The fourth-order valence-electron chi connectivity index (χ4n) is 2.67. The van der Waals surface area contributed by atoms with Crippen LogP contribution in [0.25, 0.3) is 6.08 Å². The topological polar surface area (TPSA) is 71.0 Å². The number of fused-ring (bicyclic) bond motifs is 1. The van der Waals surface area contributed by atoms with Crippen LogP contribution < -0.4 is 14.8 Å². The molecule has 5 nitrogen and oxygen atoms in total. The normalized spacial score (nSPS) is 14.3. The summed E-state index contributed by atoms with van der Waals surface area (Å²) in [5, 5.41) is 23.2. The third-order valence-electron chi connectivity index (χ3n) is 3.97. The summed E-state index contributed by atoms with van der Waals surface area (Å²) in [7, 11) is 1.49. The second-order valence-electron chi connectivity index (χ2n) is 5.71. The molecular formula is C19H21NO4. The highest BCUT2D eigenvalue weighted by molar-refractivity contribution is 5.62. The Bertz CT molecular complexity index is 742. The number of phenols is 1. The first-order chi connectivity index (χ1) is 11.7. The van der Waals surface area contributed by atoms with Gasteiger partial charge in [-0.2, -0.15) is 0 Å². The molecule has 3 rings (SSSR count). The van der Waals surface area contributed by atoms with Crippen molar-refractivity contribution in [3.05, 3.63) is 59.2 Å². The smallest absolute Gasteiger partial charge is 0.160 e. The zero-order valence-electron chi connectivity index (χ0n) is 13.5. The zero-order chi connectivity index (χ0) is 16.9. The minimum atomic E-state index is -0.709. The van der Waals surface area contributed by atoms with Crippen LogP contribution in [-0.2, 0) is 0 Å². The van der Waals surface area contributed by atoms with Crippen molar-refractivity contribution in [2.75, 3.05) is 26.8 Å². The van der Waals surface area contributed by atoms with E-state index in [2.05, 4.69) is 11.4 Å². The Morgan fingerprint density at radius 3 is 2.88 bits per heavy atom. The van der Waals surface area contributed by atoms with E-state index in [1.807, 2.05) is 24.3 Å². The Balaban J connectivity index is 1.55. The maximum Gasteiger partial charge on any atom is 0.160 e. The Morgan fingerprint density at radius 2 is 2.08 bits per heavy atom. The van der Waals surface area contributed by atoms with Gasteiger partial charge in [0.05, 0.1) is 13.2 Å². The van der Waals surface area contributed by atoms with E-state index in [9.17, 15) is 10.2 Å². The Morgan fingerprint density at radius 1 is 1.25 bits per heavy atom. The second-order valence-corrected chi connectivity index (χ2v) is 5.71. The largest absolute Gasteiger partial charge is 0.504 e. The molecule has 3 N–H and O–H groups in total. The van der Waals surface area contributed by atoms with Crippen LogP contribution in [0.3, 0.4) is 0 Å². The molecule has 126 valence electrons. The van der Waals surface area contributed by atoms with Crippen molar-refractivity contribution in [1.82, 2.24) is 5.32 Å². The quantitative estimate of drug-likeness (QED) is 0.760. The third-order valence-corrected chi connectivity index (χ3v) is 3.97. The van der Waals surface area contributed by atoms with Crippen LogP contribution in [0.5, 0.6) is 17.2 Å². The van der Waals surface area contributed by atoms with Crippen LogP contribution in [-0.4, -0.2) is 37.0 Å². The molecule has 2 aromatic carbocycles. The van der Waals surface area contributed by atoms with Gasteiger partial charge >= 0.3 is 0 Å². The number of nitrogens with one attached hydrogen (secondary N) is 1. The average Bonchev–Trinajstić information content (AvgIpc) is 2.61. The van der Waals surface area contributed by atoms with E-state index in [1.54, 1.807) is 12.1 Å². The molecule has 0 spiro atoms. The van der Waals surface area contributed by atoms with Gasteiger partial charge in [0, 0.05) is 18.7 Å². The van der Waals surface area contributed by atoms with Crippen molar-refractivity contribution in [2.24, 2.45) is 0 Å². The molecule has 1 aliphatic heterocycles. The molecule has 0 amide bonds. The summed E-state index contributed by atoms with van der Waals surface area (Å²) < 4.78 is 10.7. The van der Waals surface area contributed by atoms with Crippen molar-refractivity contribution < 1.29 is 19.7 Å². The molecule has 1 atom stereocenters. The first-order valence-electron chi connectivity index (χ1n) is 7.84. The van der Waals surface area contributed by atoms with E-state index in [0.29, 0.717) is 31.0 Å². The molecule has 1 unspecified atom stereocenters. The molecular weight excluding hydrogens is 306 g/mol. The van der Waals surface area contributed by atoms with Crippen molar-refractivity contribution in [3.8, 4) is 17.2 Å². The summed E-state index contributed by atoms with van der Waals surface area (Å²) in [6, 6.07) is 12.8. The highest BCUT2D eigenvalue weighted by atomic mass is 16.5. The predicted molar refractivity (Wildman–Crippen MR) is 92.4 cm³/mol. The zero-order valence-corrected chi connectivity index (χ0v) is 13.5. The van der Waals surface area contributed by atoms with Crippen LogP contribution in [0.1, 0.15) is 17.2 Å². The van der Waals surface area contributed by atoms with Gasteiger partial charge in [-0.05, 0) is 35.4 Å². The maximum atomic E-state index is 10.2. The van der Waals surface area contributed by atoms with E-state index >= 15 is 0 Å². The molecule has 0 saturated heterocycles. The van der Waals surface area contributed by atoms with Crippen molar-refractivity contribution in [1.29, 1.82) is 0 Å². The van der Waals surface area contributed by atoms with E-state index in [1.165, 1.54) is 13.2 Å². The summed E-state index contributed by atoms with van der Waals surface area (Å²) >= 11 is 0. The first-order valence-corrected chi connectivity index (χ1v) is 7.84. The van der Waals surface area contributed by atoms with Crippen LogP contribution in [0.2, 0.25) is 0 Å². The number of aromatic hydroxyl groups is 1. The molecule has 24 heavy (non-hydrogen) atoms. The lowest BCUT2D eigenvalue weighted by Gasteiger charge is -2.19. The number of ether oxygens (including phenoxy) is 2. The first kappa shape index (κ1) is 16.4. The van der Waals surface area contributed by atoms with Gasteiger partial charge < -0.3 is 25.0 Å². The van der Waals surface area contributed by atoms with Gasteiger partial charge in [-0.15, -0.1) is 0 Å². The van der Waals surface area contributed by atoms with Gasteiger partial charge in [0.15, 0.2) is 11.5 Å². The third kappa shape index (κ3) is 3.69. The maximum absolute atomic E-state index is 10.2. The Kier molecular flexibility index (Phi) is 5.03. The minimum absolute atomic E-state index is 0.0223. The molecule has 0 bridgehead atoms. The molecule has 1 heterocycles. The summed E-state index contributed by atoms with van der Waals surface area (Å²) in [5.74, 6) is 1.31. The summed E-state index contributed by atoms with van der Waals surface area (Å²) in [6.45, 7) is 1.56. The van der Waals surface area contributed by atoms with E-state index in [4.69, 9.17) is 9.47 Å². The standard InChI is InChI=1S/C19H21NO4/c1-23-19-7-6-14(9-16(19)21)17(22)11-20-10-13-8-15-4-2-3-5-18(15)24-12-13/h2-9,17,20-22H,10-12H2,1H3. The molecule has 0 fully saturated rings. The average molecular weight is 327 g/mol. The predicted octanol–water partition coefficient (Wildman–Crippen LogP) is 2.50. The summed E-state index contributed by atoms with van der Waals surface area (Å²) in [4.78, 5) is 0. The summed E-state index contributed by atoms with van der Waals surface area (Å²) in [6.07, 6.45) is 1.40. The number of rotatable bonds is 6. The van der Waals surface area contributed by atoms with E-state index < -0.39 is 6.10 Å². The monoisotopic (exact) mass is 327 g/mol. The lowest BCUT2D eigenvalue weighted by molar-refractivity contribution is 0.175. The highest BCUT2D eigenvalue weighted by Crippen LogP contribution is 2.29. The molecule has 0 saturated carbocycles. The number of benzene rings is 2. The number of para-hydroxylation sites is 1. The molecule has 0 radical (unpaired) electrons. The Hall–Kier alpha value is -2.50. The number of aliphatic hydroxyl groups excluding tert-OH is 1. The number of aliphatic hydroxyl groups is 1. The van der Waals surface area contributed by atoms with E-state index in [-0.39, 0.29) is 5.75 Å². The van der Waals surface area contributed by atoms with E-state index in [0.717, 1.165) is 16.9 Å². The van der Waals surface area contributed by atoms with Crippen LogP contribution in [0, 0.1) is 0 Å². The van der Waals surface area contributed by atoms with Crippen molar-refractivity contribution in [2.45, 2.75) is 6.10 Å². The molecule has 0 aliphatic carbocycles. The number of methoxy groups -OCH3 is 1. The summed E-state index contributed by atoms with van der Waals surface area (Å²) in [5.41, 5.74) is 2.83. The fourth-order valence-corrected chi connectivity index (χ4v) is 2.67. The lowest BCUT2D eigenvalue weighted by atomic mass is 10.1. The van der Waals surface area contributed by atoms with Gasteiger partial charge in [0.25, 0.3) is 0 Å². The lowest BCUT2D eigenvalue weighted by Crippen LogP contribution is -2.26. The SMILES string of the molecule is COc1ccc(C(O)CNCC2=Cc3ccccc3OC2)cc1O. The van der Waals surface area contributed by atoms with Crippen molar-refractivity contribution >= 4 is 6.08 Å². The van der Waals surface area contributed by atoms with Gasteiger partial charge in [-0.3, -0.25) is 0 Å². The van der Waals surface area contributed by atoms with Gasteiger partial charge in [0.1, 0.15) is 12.4 Å². The van der Waals surface area contributed by atoms with Crippen LogP contribution in [0.15, 0.2) is 48.0 Å².